The van der Waals surface area contributed by atoms with E-state index in [1.165, 1.54) is 25.7 Å². The van der Waals surface area contributed by atoms with Gasteiger partial charge in [0, 0.05) is 18.4 Å². The second-order valence-electron chi connectivity index (χ2n) is 3.30. The first-order valence-electron chi connectivity index (χ1n) is 5.04. The molecule has 1 aromatic rings. The number of nitrogens with zero attached hydrogens (tertiary/aromatic N) is 2. The minimum atomic E-state index is 0.556. The summed E-state index contributed by atoms with van der Waals surface area (Å²) < 4.78 is 1.82. The predicted octanol–water partition coefficient (Wildman–Crippen LogP) is 2.20. The zero-order valence-corrected chi connectivity index (χ0v) is 8.45. The van der Waals surface area contributed by atoms with Crippen molar-refractivity contribution in [1.82, 2.24) is 9.66 Å². The summed E-state index contributed by atoms with van der Waals surface area (Å²) in [5.74, 6) is 0. The number of aromatic nitrogens is 2. The molecule has 3 nitrogen and oxygen atoms in total. The Morgan fingerprint density at radius 2 is 2.08 bits per heavy atom. The number of imidazole rings is 1. The fraction of sp³-hybridized carbons (Fsp3) is 0.700. The largest absolute Gasteiger partial charge is 0.321 e. The smallest absolute Gasteiger partial charge is 0.196 e. The molecule has 1 N–H and O–H groups in total. The highest BCUT2D eigenvalue weighted by Gasteiger charge is 2.05. The molecule has 0 saturated carbocycles. The van der Waals surface area contributed by atoms with E-state index in [-0.39, 0.29) is 0 Å². The Hall–Kier alpha value is -0.990. The first kappa shape index (κ1) is 10.1. The summed E-state index contributed by atoms with van der Waals surface area (Å²) in [7, 11) is 0. The van der Waals surface area contributed by atoms with Crippen molar-refractivity contribution in [2.24, 2.45) is 0 Å². The van der Waals surface area contributed by atoms with E-state index in [1.807, 2.05) is 10.9 Å². The third-order valence-electron chi connectivity index (χ3n) is 2.05. The Kier molecular flexibility index (Phi) is 4.36. The van der Waals surface area contributed by atoms with Crippen LogP contribution in [0.5, 0.6) is 0 Å². The van der Waals surface area contributed by atoms with Crippen LogP contribution in [-0.2, 0) is 0 Å². The molecule has 0 aliphatic rings. The average molecular weight is 180 g/mol. The molecule has 0 amide bonds. The summed E-state index contributed by atoms with van der Waals surface area (Å²) in [6, 6.07) is 0.556. The highest BCUT2D eigenvalue weighted by atomic mass is 15.4. The van der Waals surface area contributed by atoms with Crippen molar-refractivity contribution < 1.29 is 0 Å². The molecule has 1 rings (SSSR count). The van der Waals surface area contributed by atoms with Gasteiger partial charge in [0.25, 0.3) is 0 Å². The molecular weight excluding hydrogens is 162 g/mol. The standard InChI is InChI=1S/C10H18N3/c1-3-5-10(6-4-2)12-13-8-7-11-9-13/h7-8,10,12H,3-6H2,1-2H3. The molecule has 0 aliphatic carbocycles. The van der Waals surface area contributed by atoms with Crippen LogP contribution in [0.4, 0.5) is 0 Å². The van der Waals surface area contributed by atoms with Gasteiger partial charge in [-0.1, -0.05) is 26.7 Å². The van der Waals surface area contributed by atoms with Gasteiger partial charge >= 0.3 is 0 Å². The molecule has 0 aromatic carbocycles. The van der Waals surface area contributed by atoms with Crippen LogP contribution in [-0.4, -0.2) is 15.7 Å². The molecule has 13 heavy (non-hydrogen) atoms. The lowest BCUT2D eigenvalue weighted by molar-refractivity contribution is 0.538. The van der Waals surface area contributed by atoms with Crippen LogP contribution in [0.1, 0.15) is 39.5 Å². The SMILES string of the molecule is CCCC(CCC)Nn1[c]ncc1. The first-order chi connectivity index (χ1) is 6.36. The van der Waals surface area contributed by atoms with E-state index in [0.717, 1.165) is 0 Å². The third kappa shape index (κ3) is 3.49. The summed E-state index contributed by atoms with van der Waals surface area (Å²) in [5, 5.41) is 0. The Bertz CT molecular complexity index is 200. The topological polar surface area (TPSA) is 29.9 Å². The summed E-state index contributed by atoms with van der Waals surface area (Å²) in [4.78, 5) is 3.87. The molecule has 0 saturated heterocycles. The minimum Gasteiger partial charge on any atom is -0.321 e. The third-order valence-corrected chi connectivity index (χ3v) is 2.05. The first-order valence-corrected chi connectivity index (χ1v) is 5.04. The lowest BCUT2D eigenvalue weighted by atomic mass is 10.1. The van der Waals surface area contributed by atoms with Crippen molar-refractivity contribution in [3.63, 3.8) is 0 Å². The molecule has 0 spiro atoms. The van der Waals surface area contributed by atoms with Gasteiger partial charge in [0.1, 0.15) is 0 Å². The van der Waals surface area contributed by atoms with Gasteiger partial charge in [0.05, 0.1) is 0 Å². The van der Waals surface area contributed by atoms with E-state index in [0.29, 0.717) is 6.04 Å². The molecule has 0 bridgehead atoms. The normalized spacial score (nSPS) is 10.7. The maximum absolute atomic E-state index is 3.87. The Balaban J connectivity index is 2.37. The van der Waals surface area contributed by atoms with Gasteiger partial charge in [0.15, 0.2) is 6.33 Å². The van der Waals surface area contributed by atoms with E-state index in [1.54, 1.807) is 6.20 Å². The Labute approximate surface area is 80.1 Å². The molecule has 0 atom stereocenters. The van der Waals surface area contributed by atoms with Crippen molar-refractivity contribution in [1.29, 1.82) is 0 Å². The van der Waals surface area contributed by atoms with Crippen LogP contribution >= 0.6 is 0 Å². The number of rotatable bonds is 6. The predicted molar refractivity (Wildman–Crippen MR) is 54.0 cm³/mol. The van der Waals surface area contributed by atoms with Crippen molar-refractivity contribution in [2.75, 3.05) is 5.43 Å². The van der Waals surface area contributed by atoms with Gasteiger partial charge in [0.2, 0.25) is 0 Å². The van der Waals surface area contributed by atoms with Crippen LogP contribution in [0.2, 0.25) is 0 Å². The zero-order valence-electron chi connectivity index (χ0n) is 8.45. The van der Waals surface area contributed by atoms with E-state index >= 15 is 0 Å². The van der Waals surface area contributed by atoms with Gasteiger partial charge in [-0.05, 0) is 12.8 Å². The van der Waals surface area contributed by atoms with E-state index in [2.05, 4.69) is 30.6 Å². The van der Waals surface area contributed by atoms with Crippen molar-refractivity contribution in [2.45, 2.75) is 45.6 Å². The molecule has 1 heterocycles. The summed E-state index contributed by atoms with van der Waals surface area (Å²) in [6.45, 7) is 4.42. The van der Waals surface area contributed by atoms with Crippen molar-refractivity contribution >= 4 is 0 Å². The Morgan fingerprint density at radius 3 is 2.54 bits per heavy atom. The summed E-state index contributed by atoms with van der Waals surface area (Å²) in [6.07, 6.45) is 11.3. The van der Waals surface area contributed by atoms with Crippen LogP contribution in [0.25, 0.3) is 0 Å². The number of nitrogens with one attached hydrogen (secondary N) is 1. The molecule has 0 aliphatic heterocycles. The van der Waals surface area contributed by atoms with Crippen molar-refractivity contribution in [3.05, 3.63) is 18.7 Å². The summed E-state index contributed by atoms with van der Waals surface area (Å²) in [5.41, 5.74) is 3.36. The summed E-state index contributed by atoms with van der Waals surface area (Å²) >= 11 is 0. The van der Waals surface area contributed by atoms with E-state index in [4.69, 9.17) is 0 Å². The lowest BCUT2D eigenvalue weighted by Crippen LogP contribution is -2.26. The fourth-order valence-electron chi connectivity index (χ4n) is 1.47. The van der Waals surface area contributed by atoms with E-state index < -0.39 is 0 Å². The highest BCUT2D eigenvalue weighted by molar-refractivity contribution is 4.84. The molecule has 73 valence electrons. The van der Waals surface area contributed by atoms with Crippen molar-refractivity contribution in [3.8, 4) is 0 Å². The second kappa shape index (κ2) is 5.62. The second-order valence-corrected chi connectivity index (χ2v) is 3.30. The van der Waals surface area contributed by atoms with Gasteiger partial charge < -0.3 is 5.43 Å². The van der Waals surface area contributed by atoms with E-state index in [9.17, 15) is 0 Å². The van der Waals surface area contributed by atoms with Crippen LogP contribution in [0.15, 0.2) is 12.4 Å². The van der Waals surface area contributed by atoms with Gasteiger partial charge in [-0.2, -0.15) is 0 Å². The van der Waals surface area contributed by atoms with Crippen LogP contribution in [0.3, 0.4) is 0 Å². The quantitative estimate of drug-likeness (QED) is 0.727. The molecule has 0 fully saturated rings. The molecular formula is C10H18N3. The maximum atomic E-state index is 3.87. The van der Waals surface area contributed by atoms with Gasteiger partial charge in [-0.15, -0.1) is 0 Å². The van der Waals surface area contributed by atoms with Gasteiger partial charge in [-0.25, -0.2) is 9.66 Å². The minimum absolute atomic E-state index is 0.556. The molecule has 1 radical (unpaired) electrons. The maximum Gasteiger partial charge on any atom is 0.196 e. The fourth-order valence-corrected chi connectivity index (χ4v) is 1.47. The zero-order chi connectivity index (χ0) is 9.52. The highest BCUT2D eigenvalue weighted by Crippen LogP contribution is 2.05. The molecule has 1 aromatic heterocycles. The van der Waals surface area contributed by atoms with Gasteiger partial charge in [-0.3, -0.25) is 0 Å². The van der Waals surface area contributed by atoms with Crippen LogP contribution < -0.4 is 5.43 Å². The number of hydrogen-bond acceptors (Lipinski definition) is 2. The number of hydrogen-bond donors (Lipinski definition) is 1. The Morgan fingerprint density at radius 1 is 1.38 bits per heavy atom. The average Bonchev–Trinajstić information content (AvgIpc) is 2.58. The van der Waals surface area contributed by atoms with Crippen LogP contribution in [0, 0.1) is 6.33 Å². The lowest BCUT2D eigenvalue weighted by Gasteiger charge is -2.18. The molecule has 0 unspecified atom stereocenters. The monoisotopic (exact) mass is 180 g/mol. The molecule has 3 heteroatoms.